The Kier molecular flexibility index (Phi) is 4.93. The first-order valence-corrected chi connectivity index (χ1v) is 8.72. The van der Waals surface area contributed by atoms with E-state index in [1.807, 2.05) is 30.3 Å². The summed E-state index contributed by atoms with van der Waals surface area (Å²) in [6.07, 6.45) is 0. The van der Waals surface area contributed by atoms with E-state index in [9.17, 15) is 9.18 Å². The zero-order valence-corrected chi connectivity index (χ0v) is 14.8. The van der Waals surface area contributed by atoms with E-state index in [-0.39, 0.29) is 17.4 Å². The summed E-state index contributed by atoms with van der Waals surface area (Å²) in [7, 11) is 0. The van der Waals surface area contributed by atoms with Crippen molar-refractivity contribution in [3.63, 3.8) is 0 Å². The predicted octanol–water partition coefficient (Wildman–Crippen LogP) is 4.47. The fourth-order valence-corrected chi connectivity index (χ4v) is 2.74. The van der Waals surface area contributed by atoms with Crippen LogP contribution >= 0.6 is 0 Å². The van der Waals surface area contributed by atoms with Crippen LogP contribution < -0.4 is 5.32 Å². The van der Waals surface area contributed by atoms with E-state index in [0.717, 1.165) is 5.56 Å². The Morgan fingerprint density at radius 1 is 0.929 bits per heavy atom. The van der Waals surface area contributed by atoms with Crippen molar-refractivity contribution in [1.82, 2.24) is 15.5 Å². The van der Waals surface area contributed by atoms with Gasteiger partial charge in [-0.1, -0.05) is 59.8 Å². The van der Waals surface area contributed by atoms with Crippen molar-refractivity contribution in [2.24, 2.45) is 0 Å². The molecule has 0 fully saturated rings. The molecule has 6 heteroatoms. The fourth-order valence-electron chi connectivity index (χ4n) is 2.74. The predicted molar refractivity (Wildman–Crippen MR) is 103 cm³/mol. The first-order valence-electron chi connectivity index (χ1n) is 8.72. The first kappa shape index (κ1) is 17.6. The summed E-state index contributed by atoms with van der Waals surface area (Å²) >= 11 is 0. The summed E-state index contributed by atoms with van der Waals surface area (Å²) in [5.41, 5.74) is 2.47. The van der Waals surface area contributed by atoms with Gasteiger partial charge in [-0.05, 0) is 29.8 Å². The van der Waals surface area contributed by atoms with Gasteiger partial charge in [-0.15, -0.1) is 0 Å². The van der Waals surface area contributed by atoms with Gasteiger partial charge in [0.15, 0.2) is 0 Å². The van der Waals surface area contributed by atoms with Crippen LogP contribution in [0.1, 0.15) is 15.9 Å². The van der Waals surface area contributed by atoms with Gasteiger partial charge in [0, 0.05) is 17.7 Å². The minimum Gasteiger partial charge on any atom is -0.348 e. The number of nitrogens with zero attached hydrogens (tertiary/aromatic N) is 2. The number of benzene rings is 3. The molecule has 0 unspecified atom stereocenters. The lowest BCUT2D eigenvalue weighted by molar-refractivity contribution is 0.0951. The van der Waals surface area contributed by atoms with Gasteiger partial charge in [-0.25, -0.2) is 4.39 Å². The zero-order chi connectivity index (χ0) is 19.3. The number of carbonyl (C=O) groups excluding carboxylic acids is 1. The van der Waals surface area contributed by atoms with E-state index in [1.165, 1.54) is 6.07 Å². The highest BCUT2D eigenvalue weighted by molar-refractivity contribution is 5.94. The Balaban J connectivity index is 1.46. The Morgan fingerprint density at radius 2 is 1.64 bits per heavy atom. The summed E-state index contributed by atoms with van der Waals surface area (Å²) < 4.78 is 19.0. The Bertz CT molecular complexity index is 1090. The van der Waals surface area contributed by atoms with Crippen LogP contribution in [0.5, 0.6) is 0 Å². The highest BCUT2D eigenvalue weighted by Crippen LogP contribution is 2.24. The van der Waals surface area contributed by atoms with Crippen molar-refractivity contribution in [1.29, 1.82) is 0 Å². The molecule has 4 rings (SSSR count). The lowest BCUT2D eigenvalue weighted by Crippen LogP contribution is -2.22. The van der Waals surface area contributed by atoms with E-state index in [0.29, 0.717) is 23.5 Å². The van der Waals surface area contributed by atoms with E-state index >= 15 is 0 Å². The van der Waals surface area contributed by atoms with Gasteiger partial charge in [0.25, 0.3) is 11.8 Å². The Hall–Kier alpha value is -3.80. The monoisotopic (exact) mass is 373 g/mol. The van der Waals surface area contributed by atoms with Crippen LogP contribution in [0.3, 0.4) is 0 Å². The molecule has 0 aliphatic heterocycles. The minimum absolute atomic E-state index is 0.109. The zero-order valence-electron chi connectivity index (χ0n) is 14.8. The van der Waals surface area contributed by atoms with E-state index in [2.05, 4.69) is 15.5 Å². The van der Waals surface area contributed by atoms with Crippen molar-refractivity contribution in [3.05, 3.63) is 95.8 Å². The van der Waals surface area contributed by atoms with Crippen molar-refractivity contribution >= 4 is 5.91 Å². The summed E-state index contributed by atoms with van der Waals surface area (Å²) in [6, 6.07) is 22.7. The first-order chi connectivity index (χ1) is 13.7. The largest absolute Gasteiger partial charge is 0.348 e. The Labute approximate surface area is 160 Å². The minimum atomic E-state index is -0.428. The topological polar surface area (TPSA) is 68.0 Å². The van der Waals surface area contributed by atoms with Gasteiger partial charge in [0.2, 0.25) is 5.82 Å². The van der Waals surface area contributed by atoms with Crippen LogP contribution in [0.4, 0.5) is 4.39 Å². The second-order valence-electron chi connectivity index (χ2n) is 6.15. The molecule has 1 amide bonds. The third kappa shape index (κ3) is 3.81. The molecule has 0 spiro atoms. The van der Waals surface area contributed by atoms with Crippen LogP contribution in [0.25, 0.3) is 22.8 Å². The summed E-state index contributed by atoms with van der Waals surface area (Å²) in [4.78, 5) is 16.5. The molecule has 1 aromatic heterocycles. The van der Waals surface area contributed by atoms with Crippen molar-refractivity contribution in [2.75, 3.05) is 0 Å². The molecule has 0 radical (unpaired) electrons. The molecule has 3 aromatic carbocycles. The summed E-state index contributed by atoms with van der Waals surface area (Å²) in [6.45, 7) is 0.457. The van der Waals surface area contributed by atoms with Gasteiger partial charge in [0.1, 0.15) is 5.82 Å². The quantitative estimate of drug-likeness (QED) is 0.560. The molecule has 28 heavy (non-hydrogen) atoms. The second kappa shape index (κ2) is 7.84. The number of carbonyl (C=O) groups is 1. The van der Waals surface area contributed by atoms with Crippen LogP contribution in [0.2, 0.25) is 0 Å². The number of rotatable bonds is 5. The maximum Gasteiger partial charge on any atom is 0.261 e. The maximum atomic E-state index is 13.9. The van der Waals surface area contributed by atoms with Gasteiger partial charge < -0.3 is 9.84 Å². The molecule has 0 aliphatic carbocycles. The number of hydrogen-bond acceptors (Lipinski definition) is 4. The lowest BCUT2D eigenvalue weighted by atomic mass is 10.1. The van der Waals surface area contributed by atoms with Crippen LogP contribution in [0, 0.1) is 5.82 Å². The highest BCUT2D eigenvalue weighted by Gasteiger charge is 2.14. The molecular formula is C22H16FN3O2. The third-order valence-electron chi connectivity index (χ3n) is 4.23. The van der Waals surface area contributed by atoms with Gasteiger partial charge in [0.05, 0.1) is 5.56 Å². The SMILES string of the molecule is O=C(NCc1ccccc1)c1ccc(-c2noc(-c3ccccc3F)n2)cc1. The molecule has 5 nitrogen and oxygen atoms in total. The molecular weight excluding hydrogens is 357 g/mol. The fraction of sp³-hybridized carbons (Fsp3) is 0.0455. The van der Waals surface area contributed by atoms with Crippen molar-refractivity contribution in [2.45, 2.75) is 6.54 Å². The van der Waals surface area contributed by atoms with E-state index in [4.69, 9.17) is 4.52 Å². The second-order valence-corrected chi connectivity index (χ2v) is 6.15. The smallest absolute Gasteiger partial charge is 0.261 e. The summed E-state index contributed by atoms with van der Waals surface area (Å²) in [5.74, 6) is -0.161. The van der Waals surface area contributed by atoms with Gasteiger partial charge >= 0.3 is 0 Å². The van der Waals surface area contributed by atoms with E-state index < -0.39 is 5.82 Å². The molecule has 1 heterocycles. The molecule has 0 saturated heterocycles. The summed E-state index contributed by atoms with van der Waals surface area (Å²) in [5, 5.41) is 6.78. The normalized spacial score (nSPS) is 10.6. The number of nitrogens with one attached hydrogen (secondary N) is 1. The molecule has 0 saturated carbocycles. The van der Waals surface area contributed by atoms with E-state index in [1.54, 1.807) is 42.5 Å². The van der Waals surface area contributed by atoms with Gasteiger partial charge in [-0.2, -0.15) is 4.98 Å². The Morgan fingerprint density at radius 3 is 2.39 bits per heavy atom. The number of amides is 1. The van der Waals surface area contributed by atoms with Gasteiger partial charge in [-0.3, -0.25) is 4.79 Å². The lowest BCUT2D eigenvalue weighted by Gasteiger charge is -2.05. The standard InChI is InChI=1S/C22H16FN3O2/c23-19-9-5-4-8-18(19)22-25-20(26-28-22)16-10-12-17(13-11-16)21(27)24-14-15-6-2-1-3-7-15/h1-13H,14H2,(H,24,27). The number of hydrogen-bond donors (Lipinski definition) is 1. The number of aromatic nitrogens is 2. The molecule has 138 valence electrons. The number of halogens is 1. The molecule has 0 atom stereocenters. The molecule has 4 aromatic rings. The molecule has 0 aliphatic rings. The molecule has 0 bridgehead atoms. The van der Waals surface area contributed by atoms with Crippen LogP contribution in [-0.2, 0) is 6.54 Å². The highest BCUT2D eigenvalue weighted by atomic mass is 19.1. The van der Waals surface area contributed by atoms with Crippen LogP contribution in [-0.4, -0.2) is 16.0 Å². The maximum absolute atomic E-state index is 13.9. The molecule has 1 N–H and O–H groups in total. The average Bonchev–Trinajstić information content (AvgIpc) is 3.23. The van der Waals surface area contributed by atoms with Crippen molar-refractivity contribution < 1.29 is 13.7 Å². The van der Waals surface area contributed by atoms with Crippen molar-refractivity contribution in [3.8, 4) is 22.8 Å². The van der Waals surface area contributed by atoms with Crippen LogP contribution in [0.15, 0.2) is 83.4 Å². The average molecular weight is 373 g/mol. The third-order valence-corrected chi connectivity index (χ3v) is 4.23.